The molecule has 1 aromatic carbocycles. The molecule has 0 atom stereocenters. The molecular formula is C17H18N6O3S. The fraction of sp³-hybridized carbons (Fsp3) is 0.412. The molecule has 4 rings (SSSR count). The van der Waals surface area contributed by atoms with Crippen molar-refractivity contribution in [2.24, 2.45) is 5.92 Å². The van der Waals surface area contributed by atoms with Crippen LogP contribution >= 0.6 is 0 Å². The first-order valence-corrected chi connectivity index (χ1v) is 10.1. The number of benzene rings is 1. The van der Waals surface area contributed by atoms with E-state index in [4.69, 9.17) is 5.26 Å². The molecule has 2 aromatic rings. The van der Waals surface area contributed by atoms with Crippen molar-refractivity contribution < 1.29 is 13.2 Å². The van der Waals surface area contributed by atoms with Gasteiger partial charge in [0, 0.05) is 19.6 Å². The third kappa shape index (κ3) is 3.56. The summed E-state index contributed by atoms with van der Waals surface area (Å²) in [5.41, 5.74) is 0.648. The predicted molar refractivity (Wildman–Crippen MR) is 94.0 cm³/mol. The Labute approximate surface area is 156 Å². The van der Waals surface area contributed by atoms with Crippen LogP contribution in [0.2, 0.25) is 0 Å². The van der Waals surface area contributed by atoms with Gasteiger partial charge in [0.2, 0.25) is 10.0 Å². The Kier molecular flexibility index (Phi) is 4.41. The van der Waals surface area contributed by atoms with Gasteiger partial charge in [-0.2, -0.15) is 9.57 Å². The molecule has 1 N–H and O–H groups in total. The lowest BCUT2D eigenvalue weighted by Crippen LogP contribution is -2.50. The Hall–Kier alpha value is -2.77. The van der Waals surface area contributed by atoms with Gasteiger partial charge < -0.3 is 5.32 Å². The number of sulfonamides is 1. The molecule has 2 heterocycles. The summed E-state index contributed by atoms with van der Waals surface area (Å²) in [7, 11) is -3.61. The van der Waals surface area contributed by atoms with Crippen molar-refractivity contribution in [3.05, 3.63) is 41.7 Å². The number of hydrogen-bond donors (Lipinski definition) is 1. The van der Waals surface area contributed by atoms with Gasteiger partial charge in [-0.3, -0.25) is 4.79 Å². The van der Waals surface area contributed by atoms with Crippen LogP contribution in [0.3, 0.4) is 0 Å². The summed E-state index contributed by atoms with van der Waals surface area (Å²) in [6.45, 7) is 1.18. The summed E-state index contributed by atoms with van der Waals surface area (Å²) in [5, 5.41) is 19.5. The number of aromatic nitrogens is 3. The highest BCUT2D eigenvalue weighted by atomic mass is 32.2. The van der Waals surface area contributed by atoms with Crippen molar-refractivity contribution in [2.45, 2.75) is 23.8 Å². The molecule has 0 bridgehead atoms. The average Bonchev–Trinajstić information content (AvgIpc) is 3.34. The standard InChI is InChI=1S/C17H18N6O3S/c18-7-12-3-5-15(6-4-12)27(25,26)22-9-14(10-22)23-11-16(20-21-23)17(24)19-8-13-1-2-13/h3-6,11,13-14H,1-2,8-10H2,(H,19,24). The van der Waals surface area contributed by atoms with Crippen LogP contribution in [0.25, 0.3) is 0 Å². The Morgan fingerprint density at radius 1 is 1.26 bits per heavy atom. The zero-order chi connectivity index (χ0) is 19.0. The van der Waals surface area contributed by atoms with Gasteiger partial charge in [-0.05, 0) is 43.0 Å². The van der Waals surface area contributed by atoms with Crippen LogP contribution in [0, 0.1) is 17.2 Å². The van der Waals surface area contributed by atoms with E-state index in [1.54, 1.807) is 6.20 Å². The monoisotopic (exact) mass is 386 g/mol. The quantitative estimate of drug-likeness (QED) is 0.773. The van der Waals surface area contributed by atoms with Crippen LogP contribution in [-0.4, -0.2) is 53.3 Å². The van der Waals surface area contributed by atoms with Gasteiger partial charge in [0.1, 0.15) is 0 Å². The van der Waals surface area contributed by atoms with Crippen molar-refractivity contribution in [3.8, 4) is 6.07 Å². The maximum atomic E-state index is 12.6. The van der Waals surface area contributed by atoms with Crippen LogP contribution in [-0.2, 0) is 10.0 Å². The summed E-state index contributed by atoms with van der Waals surface area (Å²) >= 11 is 0. The van der Waals surface area contributed by atoms with E-state index < -0.39 is 10.0 Å². The van der Waals surface area contributed by atoms with Crippen LogP contribution in [0.4, 0.5) is 0 Å². The van der Waals surface area contributed by atoms with Gasteiger partial charge >= 0.3 is 0 Å². The minimum absolute atomic E-state index is 0.152. The molecule has 2 fully saturated rings. The smallest absolute Gasteiger partial charge is 0.273 e. The highest BCUT2D eigenvalue weighted by Gasteiger charge is 2.38. The molecular weight excluding hydrogens is 368 g/mol. The lowest BCUT2D eigenvalue weighted by atomic mass is 10.2. The molecule has 140 valence electrons. The van der Waals surface area contributed by atoms with Crippen LogP contribution in [0.15, 0.2) is 35.4 Å². The molecule has 10 heteroatoms. The molecule has 1 saturated carbocycles. The van der Waals surface area contributed by atoms with Crippen LogP contribution in [0.5, 0.6) is 0 Å². The second kappa shape index (κ2) is 6.75. The predicted octanol–water partition coefficient (Wildman–Crippen LogP) is 0.535. The number of nitrogens with one attached hydrogen (secondary N) is 1. The average molecular weight is 386 g/mol. The van der Waals surface area contributed by atoms with Gasteiger partial charge in [-0.25, -0.2) is 13.1 Å². The Balaban J connectivity index is 1.37. The molecule has 1 saturated heterocycles. The van der Waals surface area contributed by atoms with E-state index in [9.17, 15) is 13.2 Å². The second-order valence-electron chi connectivity index (χ2n) is 6.85. The Bertz CT molecular complexity index is 998. The van der Waals surface area contributed by atoms with Crippen molar-refractivity contribution in [1.29, 1.82) is 5.26 Å². The van der Waals surface area contributed by atoms with Crippen molar-refractivity contribution in [1.82, 2.24) is 24.6 Å². The van der Waals surface area contributed by atoms with Gasteiger partial charge in [-0.1, -0.05) is 5.21 Å². The molecule has 1 aliphatic heterocycles. The van der Waals surface area contributed by atoms with Gasteiger partial charge in [-0.15, -0.1) is 5.10 Å². The topological polar surface area (TPSA) is 121 Å². The molecule has 9 nitrogen and oxygen atoms in total. The lowest BCUT2D eigenvalue weighted by Gasteiger charge is -2.37. The SMILES string of the molecule is N#Cc1ccc(S(=O)(=O)N2CC(n3cc(C(=O)NCC4CC4)nn3)C2)cc1. The van der Waals surface area contributed by atoms with E-state index >= 15 is 0 Å². The van der Waals surface area contributed by atoms with Crippen molar-refractivity contribution in [3.63, 3.8) is 0 Å². The zero-order valence-corrected chi connectivity index (χ0v) is 15.3. The number of carbonyl (C=O) groups excluding carboxylic acids is 1. The Morgan fingerprint density at radius 3 is 2.59 bits per heavy atom. The lowest BCUT2D eigenvalue weighted by molar-refractivity contribution is 0.0946. The van der Waals surface area contributed by atoms with Crippen molar-refractivity contribution in [2.75, 3.05) is 19.6 Å². The van der Waals surface area contributed by atoms with E-state index in [-0.39, 0.29) is 35.6 Å². The maximum Gasteiger partial charge on any atom is 0.273 e. The number of carbonyl (C=O) groups is 1. The number of rotatable bonds is 6. The number of amides is 1. The summed E-state index contributed by atoms with van der Waals surface area (Å²) in [4.78, 5) is 12.2. The molecule has 0 radical (unpaired) electrons. The molecule has 1 aromatic heterocycles. The molecule has 1 aliphatic carbocycles. The normalized spacial score (nSPS) is 17.9. The highest BCUT2D eigenvalue weighted by molar-refractivity contribution is 7.89. The van der Waals surface area contributed by atoms with Crippen LogP contribution in [0.1, 0.15) is 34.9 Å². The largest absolute Gasteiger partial charge is 0.350 e. The van der Waals surface area contributed by atoms with Gasteiger partial charge in [0.25, 0.3) is 5.91 Å². The third-order valence-corrected chi connectivity index (χ3v) is 6.66. The minimum Gasteiger partial charge on any atom is -0.350 e. The first kappa shape index (κ1) is 17.6. The molecule has 0 spiro atoms. The highest BCUT2D eigenvalue weighted by Crippen LogP contribution is 2.28. The van der Waals surface area contributed by atoms with Gasteiger partial charge in [0.05, 0.1) is 28.8 Å². The van der Waals surface area contributed by atoms with Gasteiger partial charge in [0.15, 0.2) is 5.69 Å². The number of nitrogens with zero attached hydrogens (tertiary/aromatic N) is 5. The molecule has 2 aliphatic rings. The second-order valence-corrected chi connectivity index (χ2v) is 8.79. The van der Waals surface area contributed by atoms with Crippen LogP contribution < -0.4 is 5.32 Å². The first-order chi connectivity index (χ1) is 13.0. The fourth-order valence-electron chi connectivity index (χ4n) is 2.84. The summed E-state index contributed by atoms with van der Waals surface area (Å²) in [5.74, 6) is 0.325. The van der Waals surface area contributed by atoms with E-state index in [0.717, 1.165) is 12.8 Å². The molecule has 27 heavy (non-hydrogen) atoms. The summed E-state index contributed by atoms with van der Waals surface area (Å²) in [6, 6.07) is 7.62. The first-order valence-electron chi connectivity index (χ1n) is 8.68. The summed E-state index contributed by atoms with van der Waals surface area (Å²) < 4.78 is 28.1. The molecule has 0 unspecified atom stereocenters. The molecule has 1 amide bonds. The third-order valence-electron chi connectivity index (χ3n) is 4.82. The minimum atomic E-state index is -3.61. The zero-order valence-electron chi connectivity index (χ0n) is 14.4. The van der Waals surface area contributed by atoms with Crippen molar-refractivity contribution >= 4 is 15.9 Å². The van der Waals surface area contributed by atoms with E-state index in [0.29, 0.717) is 18.0 Å². The van der Waals surface area contributed by atoms with E-state index in [2.05, 4.69) is 15.6 Å². The number of hydrogen-bond acceptors (Lipinski definition) is 6. The maximum absolute atomic E-state index is 12.6. The van der Waals surface area contributed by atoms with E-state index in [1.165, 1.54) is 33.3 Å². The fourth-order valence-corrected chi connectivity index (χ4v) is 4.35. The summed E-state index contributed by atoms with van der Waals surface area (Å²) in [6.07, 6.45) is 3.86. The van der Waals surface area contributed by atoms with E-state index in [1.807, 2.05) is 6.07 Å². The Morgan fingerprint density at radius 2 is 1.96 bits per heavy atom. The number of nitriles is 1.